The molecule has 35 heteroatoms. The maximum atomic E-state index is 12.4. The molecule has 20 rings (SSSR count). The molecule has 0 N–H and O–H groups in total. The van der Waals surface area contributed by atoms with Crippen LogP contribution in [0.2, 0.25) is 0 Å². The summed E-state index contributed by atoms with van der Waals surface area (Å²) < 4.78 is 43.1. The largest absolute Gasteiger partial charge is 0.489 e. The predicted octanol–water partition coefficient (Wildman–Crippen LogP) is 17.6. The fraction of sp³-hybridized carbons (Fsp3) is 0.217. The van der Waals surface area contributed by atoms with Gasteiger partial charge in [-0.05, 0) is 379 Å². The Morgan fingerprint density at radius 3 is 0.753 bits per heavy atom. The first-order valence-electron chi connectivity index (χ1n) is 48.6. The summed E-state index contributed by atoms with van der Waals surface area (Å²) in [6, 6.07) is 84.9. The van der Waals surface area contributed by atoms with Gasteiger partial charge in [-0.25, -0.2) is 24.0 Å². The lowest BCUT2D eigenvalue weighted by Crippen LogP contribution is -2.23. The number of pyridine rings is 5. The number of ether oxygens (including phenoxy) is 5. The van der Waals surface area contributed by atoms with Crippen molar-refractivity contribution >= 4 is 0 Å². The number of nitrogens with zero attached hydrogens (tertiary/aromatic N) is 25. The number of tetrazole rings is 5. The Morgan fingerprint density at radius 1 is 0.227 bits per heavy atom. The Hall–Kier alpha value is -18.7. The van der Waals surface area contributed by atoms with Crippen molar-refractivity contribution in [3.8, 4) is 113 Å². The van der Waals surface area contributed by atoms with Gasteiger partial charge in [0.2, 0.25) is 0 Å². The Bertz CT molecular complexity index is 8380. The quantitative estimate of drug-likeness (QED) is 0.0486. The van der Waals surface area contributed by atoms with Crippen molar-refractivity contribution in [3.63, 3.8) is 0 Å². The summed E-state index contributed by atoms with van der Waals surface area (Å²) in [5, 5.41) is 38.9. The normalized spacial score (nSPS) is 10.9. The first kappa shape index (κ1) is 104. The van der Waals surface area contributed by atoms with Crippen LogP contribution in [0.4, 0.5) is 0 Å². The number of hydrogen-bond acceptors (Lipinski definition) is 25. The van der Waals surface area contributed by atoms with E-state index in [-0.39, 0.29) is 28.4 Å². The molecule has 0 fully saturated rings. The van der Waals surface area contributed by atoms with E-state index in [2.05, 4.69) is 126 Å². The molecule has 0 aliphatic rings. The van der Waals surface area contributed by atoms with E-state index < -0.39 is 0 Å². The summed E-state index contributed by atoms with van der Waals surface area (Å²) in [6.07, 6.45) is 6.41. The van der Waals surface area contributed by atoms with Gasteiger partial charge in [0.15, 0.2) is 0 Å². The highest BCUT2D eigenvalue weighted by Crippen LogP contribution is 2.35. The zero-order valence-electron chi connectivity index (χ0n) is 87.1. The lowest BCUT2D eigenvalue weighted by atomic mass is 10.0. The zero-order chi connectivity index (χ0) is 106. The predicted molar refractivity (Wildman–Crippen MR) is 574 cm³/mol. The smallest absolute Gasteiger partial charge is 0.368 e. The molecule has 0 aliphatic heterocycles. The van der Waals surface area contributed by atoms with Crippen LogP contribution in [0.3, 0.4) is 0 Å². The number of aryl methyl sites for hydroxylation is 19. The molecule has 0 bridgehead atoms. The Balaban J connectivity index is 0.000000133. The Labute approximate surface area is 865 Å². The maximum Gasteiger partial charge on any atom is 0.368 e. The van der Waals surface area contributed by atoms with Crippen molar-refractivity contribution < 1.29 is 23.7 Å². The summed E-state index contributed by atoms with van der Waals surface area (Å²) in [6.45, 7) is 29.7. The van der Waals surface area contributed by atoms with Crippen molar-refractivity contribution in [2.24, 2.45) is 35.2 Å². The molecule has 10 heterocycles. The zero-order valence-corrected chi connectivity index (χ0v) is 87.1. The average molecular weight is 2010 g/mol. The van der Waals surface area contributed by atoms with Crippen LogP contribution in [-0.2, 0) is 74.7 Å². The van der Waals surface area contributed by atoms with Crippen LogP contribution in [-0.4, -0.2) is 124 Å². The molecule has 10 aromatic heterocycles. The second kappa shape index (κ2) is 47.0. The van der Waals surface area contributed by atoms with Gasteiger partial charge in [-0.3, -0.25) is 24.9 Å². The van der Waals surface area contributed by atoms with E-state index in [1.807, 2.05) is 327 Å². The third-order valence-corrected chi connectivity index (χ3v) is 25.3. The van der Waals surface area contributed by atoms with Crippen LogP contribution < -0.4 is 52.1 Å². The van der Waals surface area contributed by atoms with E-state index in [0.29, 0.717) is 61.5 Å². The highest BCUT2D eigenvalue weighted by Gasteiger charge is 2.23. The monoisotopic (exact) mass is 2010 g/mol. The minimum Gasteiger partial charge on any atom is -0.489 e. The Kier molecular flexibility index (Phi) is 32.6. The fourth-order valence-electron chi connectivity index (χ4n) is 16.6. The van der Waals surface area contributed by atoms with E-state index in [1.165, 1.54) is 46.8 Å². The molecule has 0 saturated carbocycles. The van der Waals surface area contributed by atoms with Crippen LogP contribution in [0, 0.1) is 90.0 Å². The lowest BCUT2D eigenvalue weighted by Gasteiger charge is -2.16. The van der Waals surface area contributed by atoms with Gasteiger partial charge >= 0.3 is 28.4 Å². The molecule has 0 atom stereocenters. The highest BCUT2D eigenvalue weighted by molar-refractivity contribution is 5.67. The maximum absolute atomic E-state index is 12.4. The standard InChI is InChI=1S/C24H25N5O2.3C23H23N5O2.C22H21N5O2/c1-5-18-7-6-8-22(29-24(30)28(4)26-27-29)20(18)15-31-23-12-10-19(13-17(23)3)21-11-9-16(2)14-25-21;2*1-15-7-5-10-21(28-23(29)27(4)25-26-28)19(15)14-30-22-12-11-18(13-16(22)2)20-9-6-8-17(3)24-20;1-15-8-10-20(24-13-15)18-9-11-22(17(3)12-18)30-14-19-16(2)6-5-7-21(19)28-23(29)27(4)25-26-28;1-15-8-10-19(23-13-15)17-9-11-21(16(2)12-17)29-14-18-6-4-5-7-20(18)27-22(28)26(3)24-25-27/h6-14H,5,15H2,1-4H3;3*5-13H,14H2,1-4H3;4-13H,14H2,1-3H3. The van der Waals surface area contributed by atoms with Gasteiger partial charge in [0.1, 0.15) is 61.8 Å². The number of hydrogen-bond donors (Lipinski definition) is 0. The van der Waals surface area contributed by atoms with E-state index in [1.54, 1.807) is 35.2 Å². The molecular formula is C115H115N25O10. The van der Waals surface area contributed by atoms with E-state index in [4.69, 9.17) is 23.7 Å². The minimum atomic E-state index is -0.302. The van der Waals surface area contributed by atoms with E-state index in [9.17, 15) is 24.0 Å². The van der Waals surface area contributed by atoms with Gasteiger partial charge in [-0.2, -0.15) is 46.8 Å². The van der Waals surface area contributed by atoms with Gasteiger partial charge in [0.25, 0.3) is 0 Å². The summed E-state index contributed by atoms with van der Waals surface area (Å²) in [7, 11) is 7.88. The van der Waals surface area contributed by atoms with Crippen LogP contribution in [0.15, 0.2) is 303 Å². The molecule has 0 unspecified atom stereocenters. The van der Waals surface area contributed by atoms with E-state index in [0.717, 1.165) is 197 Å². The third-order valence-electron chi connectivity index (χ3n) is 25.3. The van der Waals surface area contributed by atoms with Gasteiger partial charge < -0.3 is 23.7 Å². The molecule has 10 aromatic carbocycles. The summed E-state index contributed by atoms with van der Waals surface area (Å²) >= 11 is 0. The topological polar surface area (TPSA) is 374 Å². The minimum absolute atomic E-state index is 0.291. The number of aromatic nitrogens is 25. The van der Waals surface area contributed by atoms with Crippen molar-refractivity contribution in [1.82, 2.24) is 124 Å². The van der Waals surface area contributed by atoms with Crippen LogP contribution >= 0.6 is 0 Å². The molecule has 760 valence electrons. The first-order chi connectivity index (χ1) is 72.3. The molecule has 20 aromatic rings. The summed E-state index contributed by atoms with van der Waals surface area (Å²) in [5.41, 5.74) is 30.8. The van der Waals surface area contributed by atoms with Crippen LogP contribution in [0.25, 0.3) is 84.7 Å². The van der Waals surface area contributed by atoms with Gasteiger partial charge in [-0.15, -0.1) is 0 Å². The van der Waals surface area contributed by atoms with Gasteiger partial charge in [0.05, 0.1) is 56.9 Å². The molecule has 0 radical (unpaired) electrons. The summed E-state index contributed by atoms with van der Waals surface area (Å²) in [4.78, 5) is 84.2. The van der Waals surface area contributed by atoms with Crippen LogP contribution in [0.1, 0.15) is 113 Å². The molecule has 0 amide bonds. The van der Waals surface area contributed by atoms with Crippen molar-refractivity contribution in [3.05, 3.63) is 438 Å². The van der Waals surface area contributed by atoms with Gasteiger partial charge in [-0.1, -0.05) is 104 Å². The first-order valence-corrected chi connectivity index (χ1v) is 48.6. The fourth-order valence-corrected chi connectivity index (χ4v) is 16.6. The molecule has 0 saturated heterocycles. The molecule has 0 spiro atoms. The second-order valence-electron chi connectivity index (χ2n) is 36.4. The molecule has 150 heavy (non-hydrogen) atoms. The molecule has 35 nitrogen and oxygen atoms in total. The Morgan fingerprint density at radius 2 is 0.480 bits per heavy atom. The van der Waals surface area contributed by atoms with Crippen molar-refractivity contribution in [2.75, 3.05) is 0 Å². The van der Waals surface area contributed by atoms with E-state index >= 15 is 0 Å². The number of para-hydroxylation sites is 1. The number of benzene rings is 10. The van der Waals surface area contributed by atoms with Crippen molar-refractivity contribution in [1.29, 1.82) is 0 Å². The number of rotatable bonds is 26. The summed E-state index contributed by atoms with van der Waals surface area (Å²) in [5.74, 6) is 3.92. The SMILES string of the molecule is CCc1cccc(-n2nnn(C)c2=O)c1COc1ccc(-c2ccc(C)cn2)cc1C.Cc1ccc(-c2ccc(OCc3c(C)cccc3-n3nnn(C)c3=O)c(C)c2)nc1.Cc1ccc(-c2ccc(OCc3ccccc3-n3nnn(C)c3=O)c(C)c2)nc1.Cc1cccc(-c2ccc(OCc3c(C)cccc3-n3nnn(C)c3=O)c(C)c2)n1.Cc1cccc(-c2ccc(OCc3c(C)cccc3-n3nnn(C)c3=O)c(C)c2)n1. The average Bonchev–Trinajstić information content (AvgIpc) is 1.61. The molecule has 0 aliphatic carbocycles. The molecular weight excluding hydrogens is 1890 g/mol. The third kappa shape index (κ3) is 24.4. The highest BCUT2D eigenvalue weighted by atomic mass is 16.5. The van der Waals surface area contributed by atoms with Gasteiger partial charge in [0, 0.05) is 121 Å². The van der Waals surface area contributed by atoms with Crippen LogP contribution in [0.5, 0.6) is 28.7 Å². The lowest BCUT2D eigenvalue weighted by molar-refractivity contribution is 0.302. The second-order valence-corrected chi connectivity index (χ2v) is 36.4. The van der Waals surface area contributed by atoms with Crippen molar-refractivity contribution in [2.45, 2.75) is 136 Å².